The van der Waals surface area contributed by atoms with E-state index in [-0.39, 0.29) is 11.1 Å². The molecule has 0 saturated heterocycles. The van der Waals surface area contributed by atoms with E-state index in [9.17, 15) is 4.79 Å². The third kappa shape index (κ3) is 2.22. The summed E-state index contributed by atoms with van der Waals surface area (Å²) >= 11 is 3.32. The van der Waals surface area contributed by atoms with Gasteiger partial charge in [-0.3, -0.25) is 4.68 Å². The highest BCUT2D eigenvalue weighted by molar-refractivity contribution is 9.10. The van der Waals surface area contributed by atoms with Gasteiger partial charge in [0.05, 0.1) is 10.2 Å². The molecular formula is C10H15BrN2O2. The number of hydrogen-bond donors (Lipinski definition) is 1. The van der Waals surface area contributed by atoms with Crippen LogP contribution in [0.15, 0.2) is 4.47 Å². The van der Waals surface area contributed by atoms with Gasteiger partial charge in [0.25, 0.3) is 0 Å². The second kappa shape index (κ2) is 3.96. The largest absolute Gasteiger partial charge is 0.476 e. The summed E-state index contributed by atoms with van der Waals surface area (Å²) in [5.74, 6) is -1.00. The van der Waals surface area contributed by atoms with Crippen LogP contribution in [0.5, 0.6) is 0 Å². The molecule has 0 fully saturated rings. The van der Waals surface area contributed by atoms with Crippen molar-refractivity contribution in [2.24, 2.45) is 0 Å². The normalized spacial score (nSPS) is 11.8. The number of aromatic carboxylic acids is 1. The molecule has 84 valence electrons. The molecule has 0 aliphatic rings. The lowest BCUT2D eigenvalue weighted by molar-refractivity contribution is 0.0688. The molecule has 4 nitrogen and oxygen atoms in total. The molecule has 0 spiro atoms. The lowest BCUT2D eigenvalue weighted by Crippen LogP contribution is -2.18. The molecule has 0 unspecified atom stereocenters. The van der Waals surface area contributed by atoms with Gasteiger partial charge in [-0.1, -0.05) is 20.8 Å². The average Bonchev–Trinajstić information content (AvgIpc) is 2.41. The summed E-state index contributed by atoms with van der Waals surface area (Å²) in [7, 11) is 0. The van der Waals surface area contributed by atoms with E-state index in [4.69, 9.17) is 5.11 Å². The van der Waals surface area contributed by atoms with E-state index in [0.717, 1.165) is 5.69 Å². The predicted octanol–water partition coefficient (Wildman–Crippen LogP) is 2.66. The van der Waals surface area contributed by atoms with Gasteiger partial charge in [-0.2, -0.15) is 5.10 Å². The van der Waals surface area contributed by atoms with Crippen molar-refractivity contribution >= 4 is 21.9 Å². The average molecular weight is 275 g/mol. The zero-order valence-electron chi connectivity index (χ0n) is 9.33. The Morgan fingerprint density at radius 3 is 2.33 bits per heavy atom. The molecule has 1 aromatic rings. The van der Waals surface area contributed by atoms with Crippen LogP contribution in [0.4, 0.5) is 0 Å². The van der Waals surface area contributed by atoms with Crippen molar-refractivity contribution in [1.29, 1.82) is 0 Å². The number of rotatable bonds is 2. The second-order valence-corrected chi connectivity index (χ2v) is 5.18. The Morgan fingerprint density at radius 1 is 1.53 bits per heavy atom. The molecule has 0 aliphatic heterocycles. The van der Waals surface area contributed by atoms with Crippen LogP contribution in [0.3, 0.4) is 0 Å². The number of nitrogens with zero attached hydrogens (tertiary/aromatic N) is 2. The van der Waals surface area contributed by atoms with Crippen LogP contribution < -0.4 is 0 Å². The molecule has 0 aromatic carbocycles. The van der Waals surface area contributed by atoms with Crippen molar-refractivity contribution in [3.63, 3.8) is 0 Å². The predicted molar refractivity (Wildman–Crippen MR) is 61.3 cm³/mol. The number of carbonyl (C=O) groups is 1. The highest BCUT2D eigenvalue weighted by Crippen LogP contribution is 2.32. The third-order valence-corrected chi connectivity index (χ3v) is 2.86. The molecule has 0 bridgehead atoms. The van der Waals surface area contributed by atoms with E-state index in [0.29, 0.717) is 11.0 Å². The fourth-order valence-electron chi connectivity index (χ4n) is 1.52. The molecule has 15 heavy (non-hydrogen) atoms. The fraction of sp³-hybridized carbons (Fsp3) is 0.600. The van der Waals surface area contributed by atoms with Crippen LogP contribution in [-0.2, 0) is 12.0 Å². The monoisotopic (exact) mass is 274 g/mol. The van der Waals surface area contributed by atoms with Gasteiger partial charge < -0.3 is 5.11 Å². The third-order valence-electron chi connectivity index (χ3n) is 2.11. The highest BCUT2D eigenvalue weighted by atomic mass is 79.9. The first-order valence-electron chi connectivity index (χ1n) is 4.79. The van der Waals surface area contributed by atoms with Crippen LogP contribution >= 0.6 is 15.9 Å². The molecule has 0 amide bonds. The van der Waals surface area contributed by atoms with Crippen molar-refractivity contribution in [3.05, 3.63) is 15.9 Å². The standard InChI is InChI=1S/C10H15BrN2O2/c1-5-13-8(10(2,3)4)6(11)7(12-13)9(14)15/h5H2,1-4H3,(H,14,15). The first-order valence-corrected chi connectivity index (χ1v) is 5.58. The minimum Gasteiger partial charge on any atom is -0.476 e. The maximum absolute atomic E-state index is 10.9. The van der Waals surface area contributed by atoms with E-state index >= 15 is 0 Å². The second-order valence-electron chi connectivity index (χ2n) is 4.38. The van der Waals surface area contributed by atoms with Crippen LogP contribution in [0.2, 0.25) is 0 Å². The SMILES string of the molecule is CCn1nc(C(=O)O)c(Br)c1C(C)(C)C. The van der Waals surface area contributed by atoms with Crippen LogP contribution in [0, 0.1) is 0 Å². The minimum absolute atomic E-state index is 0.0850. The Labute approximate surface area is 97.4 Å². The number of carboxylic acid groups (broad SMARTS) is 1. The van der Waals surface area contributed by atoms with Gasteiger partial charge in [0, 0.05) is 12.0 Å². The Balaban J connectivity index is 3.43. The minimum atomic E-state index is -1.00. The maximum Gasteiger partial charge on any atom is 0.357 e. The van der Waals surface area contributed by atoms with Gasteiger partial charge in [-0.25, -0.2) is 4.79 Å². The summed E-state index contributed by atoms with van der Waals surface area (Å²) in [4.78, 5) is 10.9. The smallest absolute Gasteiger partial charge is 0.357 e. The number of hydrogen-bond acceptors (Lipinski definition) is 2. The Kier molecular flexibility index (Phi) is 3.23. The van der Waals surface area contributed by atoms with E-state index in [1.54, 1.807) is 4.68 Å². The van der Waals surface area contributed by atoms with Gasteiger partial charge in [0.15, 0.2) is 5.69 Å². The van der Waals surface area contributed by atoms with Crippen molar-refractivity contribution in [2.45, 2.75) is 39.7 Å². The van der Waals surface area contributed by atoms with Gasteiger partial charge in [-0.15, -0.1) is 0 Å². The topological polar surface area (TPSA) is 55.1 Å². The first kappa shape index (κ1) is 12.2. The summed E-state index contributed by atoms with van der Waals surface area (Å²) in [6.45, 7) is 8.71. The fourth-order valence-corrected chi connectivity index (χ4v) is 2.57. The summed E-state index contributed by atoms with van der Waals surface area (Å²) in [6, 6.07) is 0. The molecule has 1 N–H and O–H groups in total. The number of aryl methyl sites for hydroxylation is 1. The van der Waals surface area contributed by atoms with Crippen molar-refractivity contribution in [2.75, 3.05) is 0 Å². The Bertz CT molecular complexity index is 391. The van der Waals surface area contributed by atoms with E-state index < -0.39 is 5.97 Å². The lowest BCUT2D eigenvalue weighted by Gasteiger charge is -2.20. The first-order chi connectivity index (χ1) is 6.79. The summed E-state index contributed by atoms with van der Waals surface area (Å²) < 4.78 is 2.32. The zero-order valence-corrected chi connectivity index (χ0v) is 10.9. The van der Waals surface area contributed by atoms with Gasteiger partial charge in [0.1, 0.15) is 0 Å². The van der Waals surface area contributed by atoms with E-state index in [1.807, 2.05) is 27.7 Å². The molecule has 0 radical (unpaired) electrons. The number of halogens is 1. The van der Waals surface area contributed by atoms with Crippen molar-refractivity contribution in [3.8, 4) is 0 Å². The molecule has 5 heteroatoms. The maximum atomic E-state index is 10.9. The molecule has 1 heterocycles. The van der Waals surface area contributed by atoms with Gasteiger partial charge in [-0.05, 0) is 22.9 Å². The number of aromatic nitrogens is 2. The molecule has 0 saturated carbocycles. The number of carboxylic acids is 1. The lowest BCUT2D eigenvalue weighted by atomic mass is 9.92. The van der Waals surface area contributed by atoms with Crippen LogP contribution in [0.25, 0.3) is 0 Å². The van der Waals surface area contributed by atoms with Crippen molar-refractivity contribution in [1.82, 2.24) is 9.78 Å². The zero-order chi connectivity index (χ0) is 11.8. The molecule has 1 aromatic heterocycles. The van der Waals surface area contributed by atoms with Crippen molar-refractivity contribution < 1.29 is 9.90 Å². The molecule has 0 aliphatic carbocycles. The molecule has 0 atom stereocenters. The molecular weight excluding hydrogens is 260 g/mol. The van der Waals surface area contributed by atoms with Crippen LogP contribution in [-0.4, -0.2) is 20.9 Å². The van der Waals surface area contributed by atoms with Gasteiger partial charge >= 0.3 is 5.97 Å². The summed E-state index contributed by atoms with van der Waals surface area (Å²) in [5.41, 5.74) is 0.874. The van der Waals surface area contributed by atoms with Crippen LogP contribution in [0.1, 0.15) is 43.9 Å². The quantitative estimate of drug-likeness (QED) is 0.902. The van der Waals surface area contributed by atoms with E-state index in [1.165, 1.54) is 0 Å². The summed E-state index contributed by atoms with van der Waals surface area (Å²) in [5, 5.41) is 13.0. The Hall–Kier alpha value is -0.840. The van der Waals surface area contributed by atoms with E-state index in [2.05, 4.69) is 21.0 Å². The molecule has 1 rings (SSSR count). The summed E-state index contributed by atoms with van der Waals surface area (Å²) in [6.07, 6.45) is 0. The highest BCUT2D eigenvalue weighted by Gasteiger charge is 2.27. The Morgan fingerprint density at radius 2 is 2.07 bits per heavy atom. The van der Waals surface area contributed by atoms with Gasteiger partial charge in [0.2, 0.25) is 0 Å².